The summed E-state index contributed by atoms with van der Waals surface area (Å²) in [5, 5.41) is 3.47. The van der Waals surface area contributed by atoms with Gasteiger partial charge < -0.3 is 5.32 Å². The predicted molar refractivity (Wildman–Crippen MR) is 73.0 cm³/mol. The molecule has 1 rings (SSSR count). The molecule has 0 amide bonds. The topological polar surface area (TPSA) is 46.2 Å². The van der Waals surface area contributed by atoms with E-state index in [1.54, 1.807) is 6.92 Å². The first-order valence-electron chi connectivity index (χ1n) is 6.70. The van der Waals surface area contributed by atoms with Crippen LogP contribution in [0.3, 0.4) is 0 Å². The van der Waals surface area contributed by atoms with Crippen LogP contribution in [0.4, 0.5) is 0 Å². The molecule has 0 aromatic carbocycles. The quantitative estimate of drug-likeness (QED) is 0.826. The van der Waals surface area contributed by atoms with Gasteiger partial charge in [-0.2, -0.15) is 0 Å². The molecular weight excluding hydrogens is 234 g/mol. The summed E-state index contributed by atoms with van der Waals surface area (Å²) in [6.07, 6.45) is 4.81. The summed E-state index contributed by atoms with van der Waals surface area (Å²) < 4.78 is 23.0. The van der Waals surface area contributed by atoms with Crippen LogP contribution in [-0.2, 0) is 9.84 Å². The van der Waals surface area contributed by atoms with Gasteiger partial charge in [0.15, 0.2) is 9.84 Å². The van der Waals surface area contributed by atoms with Crippen LogP contribution in [0.15, 0.2) is 0 Å². The van der Waals surface area contributed by atoms with Crippen LogP contribution in [0.25, 0.3) is 0 Å². The van der Waals surface area contributed by atoms with Crippen molar-refractivity contribution in [2.45, 2.75) is 65.5 Å². The minimum atomic E-state index is -2.85. The molecule has 1 fully saturated rings. The zero-order chi connectivity index (χ0) is 13.1. The van der Waals surface area contributed by atoms with Gasteiger partial charge in [-0.25, -0.2) is 8.42 Å². The smallest absolute Gasteiger partial charge is 0.151 e. The fourth-order valence-electron chi connectivity index (χ4n) is 2.52. The Bertz CT molecular complexity index is 325. The number of nitrogens with one attached hydrogen (secondary N) is 1. The zero-order valence-electron chi connectivity index (χ0n) is 11.6. The molecule has 3 nitrogen and oxygen atoms in total. The molecule has 0 aromatic heterocycles. The van der Waals surface area contributed by atoms with E-state index in [1.165, 1.54) is 25.7 Å². The van der Waals surface area contributed by atoms with Crippen molar-refractivity contribution < 1.29 is 8.42 Å². The Hall–Kier alpha value is -0.0900. The Morgan fingerprint density at radius 2 is 1.82 bits per heavy atom. The Morgan fingerprint density at radius 3 is 2.29 bits per heavy atom. The van der Waals surface area contributed by atoms with Gasteiger partial charge in [-0.15, -0.1) is 0 Å². The lowest BCUT2D eigenvalue weighted by Crippen LogP contribution is -2.43. The minimum Gasteiger partial charge on any atom is -0.310 e. The summed E-state index contributed by atoms with van der Waals surface area (Å²) >= 11 is 0. The van der Waals surface area contributed by atoms with Crippen LogP contribution < -0.4 is 5.32 Å². The van der Waals surface area contributed by atoms with Gasteiger partial charge in [0.2, 0.25) is 0 Å². The molecule has 0 spiro atoms. The molecule has 0 bridgehead atoms. The molecule has 0 heterocycles. The van der Waals surface area contributed by atoms with Crippen molar-refractivity contribution >= 4 is 9.84 Å². The van der Waals surface area contributed by atoms with Gasteiger partial charge >= 0.3 is 0 Å². The van der Waals surface area contributed by atoms with Gasteiger partial charge in [-0.1, -0.05) is 20.8 Å². The number of rotatable bonds is 5. The van der Waals surface area contributed by atoms with Crippen LogP contribution in [0, 0.1) is 5.41 Å². The lowest BCUT2D eigenvalue weighted by Gasteiger charge is -2.36. The van der Waals surface area contributed by atoms with Crippen molar-refractivity contribution in [3.63, 3.8) is 0 Å². The Kier molecular flexibility index (Phi) is 5.02. The number of hydrogen-bond donors (Lipinski definition) is 1. The normalized spacial score (nSPS) is 23.5. The van der Waals surface area contributed by atoms with Crippen molar-refractivity contribution in [2.24, 2.45) is 5.41 Å². The molecule has 1 aliphatic carbocycles. The third-order valence-electron chi connectivity index (χ3n) is 3.80. The fraction of sp³-hybridized carbons (Fsp3) is 1.00. The Morgan fingerprint density at radius 1 is 1.29 bits per heavy atom. The molecule has 1 atom stereocenters. The predicted octanol–water partition coefficient (Wildman–Crippen LogP) is 2.37. The molecule has 0 aliphatic heterocycles. The zero-order valence-corrected chi connectivity index (χ0v) is 12.4. The second-order valence-electron chi connectivity index (χ2n) is 6.21. The van der Waals surface area contributed by atoms with Crippen molar-refractivity contribution in [1.29, 1.82) is 0 Å². The average Bonchev–Trinajstić information content (AvgIpc) is 2.20. The van der Waals surface area contributed by atoms with Crippen molar-refractivity contribution in [2.75, 3.05) is 11.5 Å². The molecule has 17 heavy (non-hydrogen) atoms. The van der Waals surface area contributed by atoms with E-state index >= 15 is 0 Å². The van der Waals surface area contributed by atoms with Crippen molar-refractivity contribution in [3.05, 3.63) is 0 Å². The number of hydrogen-bond acceptors (Lipinski definition) is 3. The summed E-state index contributed by atoms with van der Waals surface area (Å²) in [6.45, 7) is 8.32. The van der Waals surface area contributed by atoms with Crippen molar-refractivity contribution in [1.82, 2.24) is 5.32 Å². The molecule has 0 saturated heterocycles. The van der Waals surface area contributed by atoms with E-state index in [1.807, 2.05) is 6.92 Å². The first kappa shape index (κ1) is 15.0. The van der Waals surface area contributed by atoms with E-state index in [0.717, 1.165) is 0 Å². The second kappa shape index (κ2) is 5.70. The molecule has 0 radical (unpaired) electrons. The van der Waals surface area contributed by atoms with Gasteiger partial charge in [0.25, 0.3) is 0 Å². The lowest BCUT2D eigenvalue weighted by atomic mass is 9.75. The molecular formula is C13H27NO2S. The van der Waals surface area contributed by atoms with E-state index in [0.29, 0.717) is 11.5 Å². The van der Waals surface area contributed by atoms with E-state index < -0.39 is 9.84 Å². The van der Waals surface area contributed by atoms with Gasteiger partial charge in [0, 0.05) is 17.8 Å². The van der Waals surface area contributed by atoms with Crippen LogP contribution in [0.5, 0.6) is 0 Å². The lowest BCUT2D eigenvalue weighted by molar-refractivity contribution is 0.201. The standard InChI is InChI=1S/C13H27NO2S/c1-5-17(15,16)10-11(2)14-12-6-8-13(3,4)9-7-12/h11-12,14H,5-10H2,1-4H3. The highest BCUT2D eigenvalue weighted by molar-refractivity contribution is 7.91. The Balaban J connectivity index is 2.36. The summed E-state index contributed by atoms with van der Waals surface area (Å²) in [5.41, 5.74) is 0.469. The maximum absolute atomic E-state index is 11.5. The van der Waals surface area contributed by atoms with Crippen molar-refractivity contribution in [3.8, 4) is 0 Å². The summed E-state index contributed by atoms with van der Waals surface area (Å²) in [5.74, 6) is 0.514. The monoisotopic (exact) mass is 261 g/mol. The van der Waals surface area contributed by atoms with Crippen LogP contribution in [0.2, 0.25) is 0 Å². The van der Waals surface area contributed by atoms with E-state index in [-0.39, 0.29) is 17.5 Å². The summed E-state index contributed by atoms with van der Waals surface area (Å²) in [4.78, 5) is 0. The molecule has 1 N–H and O–H groups in total. The van der Waals surface area contributed by atoms with E-state index in [2.05, 4.69) is 19.2 Å². The van der Waals surface area contributed by atoms with E-state index in [9.17, 15) is 8.42 Å². The number of sulfone groups is 1. The highest BCUT2D eigenvalue weighted by Gasteiger charge is 2.27. The first-order chi connectivity index (χ1) is 7.74. The van der Waals surface area contributed by atoms with Gasteiger partial charge in [0.05, 0.1) is 5.75 Å². The molecule has 0 aromatic rings. The molecule has 102 valence electrons. The molecule has 4 heteroatoms. The van der Waals surface area contributed by atoms with Gasteiger partial charge in [-0.3, -0.25) is 0 Å². The van der Waals surface area contributed by atoms with Gasteiger partial charge in [0.1, 0.15) is 0 Å². The highest BCUT2D eigenvalue weighted by Crippen LogP contribution is 2.35. The average molecular weight is 261 g/mol. The van der Waals surface area contributed by atoms with Crippen LogP contribution in [-0.4, -0.2) is 32.0 Å². The third kappa shape index (κ3) is 5.38. The van der Waals surface area contributed by atoms with Gasteiger partial charge in [-0.05, 0) is 38.0 Å². The summed E-state index contributed by atoms with van der Waals surface area (Å²) in [6, 6.07) is 0.580. The maximum Gasteiger partial charge on any atom is 0.151 e. The second-order valence-corrected chi connectivity index (χ2v) is 8.60. The SMILES string of the molecule is CCS(=O)(=O)CC(C)NC1CCC(C)(C)CC1. The van der Waals surface area contributed by atoms with Crippen LogP contribution in [0.1, 0.15) is 53.4 Å². The summed E-state index contributed by atoms with van der Waals surface area (Å²) in [7, 11) is -2.85. The van der Waals surface area contributed by atoms with E-state index in [4.69, 9.17) is 0 Å². The minimum absolute atomic E-state index is 0.0752. The molecule has 1 saturated carbocycles. The molecule has 1 unspecified atom stereocenters. The third-order valence-corrected chi connectivity index (χ3v) is 5.69. The van der Waals surface area contributed by atoms with Crippen LogP contribution >= 0.6 is 0 Å². The highest BCUT2D eigenvalue weighted by atomic mass is 32.2. The Labute approximate surface area is 106 Å². The first-order valence-corrected chi connectivity index (χ1v) is 8.53. The maximum atomic E-state index is 11.5. The largest absolute Gasteiger partial charge is 0.310 e. The fourth-order valence-corrected chi connectivity index (χ4v) is 3.61. The molecule has 1 aliphatic rings.